The summed E-state index contributed by atoms with van der Waals surface area (Å²) >= 11 is 7.53. The van der Waals surface area contributed by atoms with Crippen LogP contribution in [0.3, 0.4) is 0 Å². The van der Waals surface area contributed by atoms with Gasteiger partial charge in [-0.1, -0.05) is 60.1 Å². The van der Waals surface area contributed by atoms with Crippen molar-refractivity contribution in [3.8, 4) is 11.1 Å². The van der Waals surface area contributed by atoms with Crippen molar-refractivity contribution >= 4 is 34.5 Å². The molecule has 0 saturated carbocycles. The molecule has 0 fully saturated rings. The van der Waals surface area contributed by atoms with Crippen LogP contribution in [0.4, 0.5) is 5.69 Å². The lowest BCUT2D eigenvalue weighted by Crippen LogP contribution is -2.39. The van der Waals surface area contributed by atoms with Crippen LogP contribution < -0.4 is 5.32 Å². The number of amides is 1. The fraction of sp³-hybridized carbons (Fsp3) is 0.190. The van der Waals surface area contributed by atoms with Crippen molar-refractivity contribution in [1.29, 1.82) is 0 Å². The second-order valence-electron chi connectivity index (χ2n) is 6.20. The quantitative estimate of drug-likeness (QED) is 0.606. The molecule has 0 aliphatic carbocycles. The van der Waals surface area contributed by atoms with E-state index in [2.05, 4.69) is 5.32 Å². The van der Waals surface area contributed by atoms with Gasteiger partial charge < -0.3 is 5.32 Å². The van der Waals surface area contributed by atoms with E-state index in [0.29, 0.717) is 6.54 Å². The lowest BCUT2D eigenvalue weighted by Gasteiger charge is -2.24. The third kappa shape index (κ3) is 4.52. The molecule has 1 atom stereocenters. The molecule has 0 aliphatic rings. The van der Waals surface area contributed by atoms with Gasteiger partial charge in [0.15, 0.2) is 0 Å². The van der Waals surface area contributed by atoms with Gasteiger partial charge in [-0.25, -0.2) is 0 Å². The molecule has 0 bridgehead atoms. The lowest BCUT2D eigenvalue weighted by molar-refractivity contribution is -0.120. The fourth-order valence-electron chi connectivity index (χ4n) is 2.72. The maximum absolute atomic E-state index is 12.8. The Morgan fingerprint density at radius 2 is 1.77 bits per heavy atom. The van der Waals surface area contributed by atoms with E-state index in [4.69, 9.17) is 11.6 Å². The number of rotatable bonds is 6. The maximum Gasteiger partial charge on any atom is 0.241 e. The molecule has 0 aliphatic heterocycles. The van der Waals surface area contributed by atoms with E-state index in [1.54, 1.807) is 11.3 Å². The van der Waals surface area contributed by atoms with Crippen LogP contribution in [0.25, 0.3) is 11.1 Å². The number of benzene rings is 2. The molecule has 1 heterocycles. The predicted molar refractivity (Wildman–Crippen MR) is 111 cm³/mol. The first-order chi connectivity index (χ1) is 12.5. The van der Waals surface area contributed by atoms with Gasteiger partial charge in [0.25, 0.3) is 0 Å². The van der Waals surface area contributed by atoms with Crippen LogP contribution in [0.5, 0.6) is 0 Å². The molecular formula is C21H21ClN2OS. The zero-order valence-electron chi connectivity index (χ0n) is 14.8. The maximum atomic E-state index is 12.8. The van der Waals surface area contributed by atoms with Gasteiger partial charge in [0, 0.05) is 22.7 Å². The Balaban J connectivity index is 1.71. The average Bonchev–Trinajstić information content (AvgIpc) is 3.07. The molecule has 1 aromatic heterocycles. The fourth-order valence-corrected chi connectivity index (χ4v) is 3.87. The second kappa shape index (κ2) is 8.49. The SMILES string of the molecule is CC(C(=O)Nc1ccccc1-c1ccccc1)N(C)Cc1ccc(Cl)s1. The van der Waals surface area contributed by atoms with Crippen molar-refractivity contribution in [2.75, 3.05) is 12.4 Å². The number of nitrogens with one attached hydrogen (secondary N) is 1. The summed E-state index contributed by atoms with van der Waals surface area (Å²) < 4.78 is 0.766. The van der Waals surface area contributed by atoms with Gasteiger partial charge >= 0.3 is 0 Å². The Hall–Kier alpha value is -2.14. The third-order valence-electron chi connectivity index (χ3n) is 4.34. The monoisotopic (exact) mass is 384 g/mol. The van der Waals surface area contributed by atoms with Gasteiger partial charge in [-0.05, 0) is 37.7 Å². The average molecular weight is 385 g/mol. The van der Waals surface area contributed by atoms with E-state index >= 15 is 0 Å². The van der Waals surface area contributed by atoms with E-state index in [9.17, 15) is 4.79 Å². The number of carbonyl (C=O) groups is 1. The van der Waals surface area contributed by atoms with Crippen LogP contribution in [-0.2, 0) is 11.3 Å². The molecule has 1 unspecified atom stereocenters. The van der Waals surface area contributed by atoms with E-state index in [0.717, 1.165) is 26.0 Å². The Labute approximate surface area is 163 Å². The first kappa shape index (κ1) is 18.6. The number of carbonyl (C=O) groups excluding carboxylic acids is 1. The molecule has 2 aromatic carbocycles. The highest BCUT2D eigenvalue weighted by Gasteiger charge is 2.20. The zero-order chi connectivity index (χ0) is 18.5. The number of anilines is 1. The minimum atomic E-state index is -0.264. The summed E-state index contributed by atoms with van der Waals surface area (Å²) in [5.74, 6) is -0.0291. The van der Waals surface area contributed by atoms with Crippen LogP contribution in [0.15, 0.2) is 66.7 Å². The van der Waals surface area contributed by atoms with Crippen LogP contribution in [0.2, 0.25) is 4.34 Å². The van der Waals surface area contributed by atoms with E-state index in [1.165, 1.54) is 0 Å². The Bertz CT molecular complexity index is 878. The van der Waals surface area contributed by atoms with Gasteiger partial charge in [-0.3, -0.25) is 9.69 Å². The first-order valence-electron chi connectivity index (χ1n) is 8.44. The third-order valence-corrected chi connectivity index (χ3v) is 5.56. The molecular weight excluding hydrogens is 364 g/mol. The summed E-state index contributed by atoms with van der Waals surface area (Å²) in [4.78, 5) is 15.9. The number of para-hydroxylation sites is 1. The van der Waals surface area contributed by atoms with Gasteiger partial charge in [-0.15, -0.1) is 11.3 Å². The minimum Gasteiger partial charge on any atom is -0.324 e. The van der Waals surface area contributed by atoms with E-state index in [-0.39, 0.29) is 11.9 Å². The molecule has 3 rings (SSSR count). The summed E-state index contributed by atoms with van der Waals surface area (Å²) in [6.07, 6.45) is 0. The molecule has 1 amide bonds. The van der Waals surface area contributed by atoms with Gasteiger partial charge in [-0.2, -0.15) is 0 Å². The highest BCUT2D eigenvalue weighted by molar-refractivity contribution is 7.16. The normalized spacial score (nSPS) is 12.2. The molecule has 3 aromatic rings. The van der Waals surface area contributed by atoms with E-state index < -0.39 is 0 Å². The largest absolute Gasteiger partial charge is 0.324 e. The molecule has 1 N–H and O–H groups in total. The van der Waals surface area contributed by atoms with Crippen LogP contribution in [0.1, 0.15) is 11.8 Å². The Kier molecular flexibility index (Phi) is 6.09. The Morgan fingerprint density at radius 1 is 1.08 bits per heavy atom. The summed E-state index contributed by atoms with van der Waals surface area (Å²) in [5.41, 5.74) is 2.92. The number of halogens is 1. The molecule has 0 saturated heterocycles. The number of nitrogens with zero attached hydrogens (tertiary/aromatic N) is 1. The van der Waals surface area contributed by atoms with Crippen molar-refractivity contribution in [2.45, 2.75) is 19.5 Å². The van der Waals surface area contributed by atoms with Crippen molar-refractivity contribution in [3.05, 3.63) is 75.9 Å². The predicted octanol–water partition coefficient (Wildman–Crippen LogP) is 5.53. The summed E-state index contributed by atoms with van der Waals surface area (Å²) in [7, 11) is 1.95. The molecule has 0 radical (unpaired) electrons. The molecule has 134 valence electrons. The molecule has 5 heteroatoms. The van der Waals surface area contributed by atoms with Crippen LogP contribution in [0, 0.1) is 0 Å². The highest BCUT2D eigenvalue weighted by Crippen LogP contribution is 2.28. The van der Waals surface area contributed by atoms with Crippen LogP contribution in [-0.4, -0.2) is 23.9 Å². The zero-order valence-corrected chi connectivity index (χ0v) is 16.3. The number of likely N-dealkylation sites (N-methyl/N-ethyl adjacent to an activating group) is 1. The first-order valence-corrected chi connectivity index (χ1v) is 9.64. The van der Waals surface area contributed by atoms with Crippen molar-refractivity contribution in [1.82, 2.24) is 4.90 Å². The molecule has 0 spiro atoms. The lowest BCUT2D eigenvalue weighted by atomic mass is 10.0. The second-order valence-corrected chi connectivity index (χ2v) is 8.00. The standard InChI is InChI=1S/C21H21ClN2OS/c1-15(24(2)14-17-12-13-20(22)26-17)21(25)23-19-11-7-6-10-18(19)16-8-4-3-5-9-16/h3-13,15H,14H2,1-2H3,(H,23,25). The topological polar surface area (TPSA) is 32.3 Å². The van der Waals surface area contributed by atoms with Crippen molar-refractivity contribution in [3.63, 3.8) is 0 Å². The molecule has 26 heavy (non-hydrogen) atoms. The van der Waals surface area contributed by atoms with Gasteiger partial charge in [0.05, 0.1) is 10.4 Å². The summed E-state index contributed by atoms with van der Waals surface area (Å²) in [6, 6.07) is 21.6. The van der Waals surface area contributed by atoms with Gasteiger partial charge in [0.1, 0.15) is 0 Å². The van der Waals surface area contributed by atoms with E-state index in [1.807, 2.05) is 85.6 Å². The summed E-state index contributed by atoms with van der Waals surface area (Å²) in [6.45, 7) is 2.60. The van der Waals surface area contributed by atoms with Crippen molar-refractivity contribution < 1.29 is 4.79 Å². The smallest absolute Gasteiger partial charge is 0.241 e. The number of hydrogen-bond acceptors (Lipinski definition) is 3. The van der Waals surface area contributed by atoms with Crippen LogP contribution >= 0.6 is 22.9 Å². The Morgan fingerprint density at radius 3 is 2.46 bits per heavy atom. The highest BCUT2D eigenvalue weighted by atomic mass is 35.5. The number of hydrogen-bond donors (Lipinski definition) is 1. The number of thiophene rings is 1. The molecule has 3 nitrogen and oxygen atoms in total. The minimum absolute atomic E-state index is 0.0291. The summed E-state index contributed by atoms with van der Waals surface area (Å²) in [5, 5.41) is 3.08. The van der Waals surface area contributed by atoms with Crippen molar-refractivity contribution in [2.24, 2.45) is 0 Å². The van der Waals surface area contributed by atoms with Gasteiger partial charge in [0.2, 0.25) is 5.91 Å².